The van der Waals surface area contributed by atoms with Gasteiger partial charge in [-0.25, -0.2) is 12.1 Å². The van der Waals surface area contributed by atoms with Gasteiger partial charge in [0.2, 0.25) is 0 Å². The van der Waals surface area contributed by atoms with Crippen LogP contribution in [0, 0.1) is 22.3 Å². The molecule has 1 aromatic carbocycles. The van der Waals surface area contributed by atoms with E-state index in [1.165, 1.54) is 0 Å². The van der Waals surface area contributed by atoms with Gasteiger partial charge < -0.3 is 22.3 Å². The van der Waals surface area contributed by atoms with Crippen molar-refractivity contribution >= 4 is 13.3 Å². The van der Waals surface area contributed by atoms with Crippen molar-refractivity contribution < 1.29 is 26.2 Å². The fourth-order valence-corrected chi connectivity index (χ4v) is 2.07. The van der Waals surface area contributed by atoms with Crippen molar-refractivity contribution in [3.8, 4) is 0 Å². The van der Waals surface area contributed by atoms with Crippen molar-refractivity contribution in [3.63, 3.8) is 0 Å². The molecule has 0 aliphatic rings. The van der Waals surface area contributed by atoms with Gasteiger partial charge in [0.1, 0.15) is 0 Å². The minimum absolute atomic E-state index is 0. The zero-order valence-corrected chi connectivity index (χ0v) is 13.3. The average molecular weight is 274 g/mol. The van der Waals surface area contributed by atoms with Crippen LogP contribution in [0.2, 0.25) is 19.6 Å². The van der Waals surface area contributed by atoms with Gasteiger partial charge in [-0.1, -0.05) is 19.6 Å². The summed E-state index contributed by atoms with van der Waals surface area (Å²) in [5.41, 5.74) is 0. The van der Waals surface area contributed by atoms with E-state index in [1.807, 2.05) is 0 Å². The number of hydrogen-bond donors (Lipinski definition) is 0. The maximum absolute atomic E-state index is 2.36. The molecule has 0 nitrogen and oxygen atoms in total. The van der Waals surface area contributed by atoms with Crippen molar-refractivity contribution in [1.82, 2.24) is 0 Å². The minimum Gasteiger partial charge on any atom is -0.358 e. The van der Waals surface area contributed by atoms with Gasteiger partial charge in [0.15, 0.2) is 0 Å². The zero-order valence-electron chi connectivity index (χ0n) is 9.81. The molecule has 0 heterocycles. The van der Waals surface area contributed by atoms with Gasteiger partial charge in [-0.2, -0.15) is 17.3 Å². The molecule has 74 valence electrons. The summed E-state index contributed by atoms with van der Waals surface area (Å²) in [7, 11) is -0.981. The summed E-state index contributed by atoms with van der Waals surface area (Å²) in [5.74, 6) is 0. The van der Waals surface area contributed by atoms with Crippen LogP contribution in [0.25, 0.3) is 0 Å². The molecule has 0 aromatic heterocycles. The van der Waals surface area contributed by atoms with Gasteiger partial charge in [-0.15, -0.1) is 0 Å². The van der Waals surface area contributed by atoms with E-state index in [1.54, 1.807) is 5.19 Å². The summed E-state index contributed by atoms with van der Waals surface area (Å²) in [5, 5.41) is 1.56. The number of rotatable bonds is 1. The molecule has 0 saturated carbocycles. The molecule has 1 rings (SSSR count). The second kappa shape index (κ2) is 9.02. The third-order valence-corrected chi connectivity index (χ3v) is 3.59. The maximum atomic E-state index is 2.36. The van der Waals surface area contributed by atoms with E-state index in [-0.39, 0.29) is 48.5 Å². The summed E-state index contributed by atoms with van der Waals surface area (Å²) in [6.07, 6.45) is 0. The van der Waals surface area contributed by atoms with E-state index in [4.69, 9.17) is 0 Å². The Morgan fingerprint density at radius 1 is 0.846 bits per heavy atom. The van der Waals surface area contributed by atoms with Crippen LogP contribution in [0.1, 0.15) is 0 Å². The smallest absolute Gasteiger partial charge is 0.358 e. The standard InChI is InChI=1S/C8H13Si.3CH3.Zr/c1-9(2,3)8-6-4-5-7-8;;;;/h4-7H,1-3H3;3*1H3;/q4*-1;+4. The summed E-state index contributed by atoms with van der Waals surface area (Å²) in [6.45, 7) is 7.09. The van der Waals surface area contributed by atoms with Crippen molar-refractivity contribution in [2.75, 3.05) is 0 Å². The van der Waals surface area contributed by atoms with E-state index in [0.717, 1.165) is 0 Å². The van der Waals surface area contributed by atoms with E-state index in [2.05, 4.69) is 43.9 Å². The van der Waals surface area contributed by atoms with Gasteiger partial charge in [-0.05, 0) is 0 Å². The van der Waals surface area contributed by atoms with E-state index in [0.29, 0.717) is 0 Å². The Morgan fingerprint density at radius 2 is 1.15 bits per heavy atom. The molecular formula is C11H22SiZr. The maximum Gasteiger partial charge on any atom is 4.00 e. The Bertz CT molecular complexity index is 172. The second-order valence-corrected chi connectivity index (χ2v) is 8.50. The molecule has 0 unspecified atom stereocenters. The molecule has 0 saturated heterocycles. The molecule has 0 atom stereocenters. The van der Waals surface area contributed by atoms with Crippen molar-refractivity contribution in [2.45, 2.75) is 19.6 Å². The van der Waals surface area contributed by atoms with Crippen molar-refractivity contribution in [3.05, 3.63) is 46.5 Å². The predicted molar refractivity (Wildman–Crippen MR) is 64.3 cm³/mol. The van der Waals surface area contributed by atoms with Crippen LogP contribution in [-0.2, 0) is 26.2 Å². The van der Waals surface area contributed by atoms with Crippen molar-refractivity contribution in [1.29, 1.82) is 0 Å². The van der Waals surface area contributed by atoms with Crippen LogP contribution in [0.15, 0.2) is 24.3 Å². The zero-order chi connectivity index (χ0) is 6.91. The van der Waals surface area contributed by atoms with Crippen LogP contribution in [0.3, 0.4) is 0 Å². The number of hydrogen-bond acceptors (Lipinski definition) is 0. The SMILES string of the molecule is C[Si](C)(C)[c-]1cccc1.[CH3-].[CH3-].[CH3-].[Zr+4]. The van der Waals surface area contributed by atoms with Gasteiger partial charge >= 0.3 is 26.2 Å². The van der Waals surface area contributed by atoms with Gasteiger partial charge in [0, 0.05) is 8.07 Å². The Morgan fingerprint density at radius 3 is 1.31 bits per heavy atom. The Kier molecular flexibility index (Phi) is 16.2. The van der Waals surface area contributed by atoms with E-state index < -0.39 is 8.07 Å². The van der Waals surface area contributed by atoms with E-state index >= 15 is 0 Å². The second-order valence-electron chi connectivity index (χ2n) is 3.42. The van der Waals surface area contributed by atoms with Crippen LogP contribution >= 0.6 is 0 Å². The first kappa shape index (κ1) is 23.3. The molecule has 0 aliphatic heterocycles. The summed E-state index contributed by atoms with van der Waals surface area (Å²) in [4.78, 5) is 0. The molecule has 13 heavy (non-hydrogen) atoms. The summed E-state index contributed by atoms with van der Waals surface area (Å²) in [6, 6.07) is 8.69. The van der Waals surface area contributed by atoms with Crippen LogP contribution in [0.5, 0.6) is 0 Å². The fourth-order valence-electron chi connectivity index (χ4n) is 0.874. The molecule has 0 fully saturated rings. The third kappa shape index (κ3) is 7.52. The molecule has 0 N–H and O–H groups in total. The Labute approximate surface area is 105 Å². The normalized spacial score (nSPS) is 8.23. The first-order valence-electron chi connectivity index (χ1n) is 3.33. The molecule has 0 radical (unpaired) electrons. The summed E-state index contributed by atoms with van der Waals surface area (Å²) >= 11 is 0. The molecule has 0 bridgehead atoms. The largest absolute Gasteiger partial charge is 4.00 e. The monoisotopic (exact) mass is 272 g/mol. The van der Waals surface area contributed by atoms with Crippen molar-refractivity contribution in [2.24, 2.45) is 0 Å². The topological polar surface area (TPSA) is 0 Å². The molecule has 2 heteroatoms. The molecule has 0 aliphatic carbocycles. The Hall–Kier alpha value is 0.450. The van der Waals surface area contributed by atoms with Crippen LogP contribution in [-0.4, -0.2) is 8.07 Å². The van der Waals surface area contributed by atoms with Gasteiger partial charge in [0.05, 0.1) is 0 Å². The molecular weight excluding hydrogens is 251 g/mol. The first-order valence-corrected chi connectivity index (χ1v) is 6.83. The molecule has 0 spiro atoms. The van der Waals surface area contributed by atoms with E-state index in [9.17, 15) is 0 Å². The minimum atomic E-state index is -0.981. The average Bonchev–Trinajstić information content (AvgIpc) is 2.08. The molecule has 1 aromatic rings. The third-order valence-electron chi connectivity index (χ3n) is 1.53. The fraction of sp³-hybridized carbons (Fsp3) is 0.273. The van der Waals surface area contributed by atoms with Crippen LogP contribution < -0.4 is 5.19 Å². The summed E-state index contributed by atoms with van der Waals surface area (Å²) < 4.78 is 0. The van der Waals surface area contributed by atoms with Crippen LogP contribution in [0.4, 0.5) is 0 Å². The first-order chi connectivity index (χ1) is 4.11. The van der Waals surface area contributed by atoms with Gasteiger partial charge in [-0.3, -0.25) is 0 Å². The predicted octanol–water partition coefficient (Wildman–Crippen LogP) is 3.30. The Balaban J connectivity index is -0.000000101. The molecule has 0 amide bonds. The quantitative estimate of drug-likeness (QED) is 0.544. The van der Waals surface area contributed by atoms with Gasteiger partial charge in [0.25, 0.3) is 0 Å².